The number of aromatic nitrogens is 4. The van der Waals surface area contributed by atoms with Crippen LogP contribution in [0.25, 0.3) is 28.0 Å². The van der Waals surface area contributed by atoms with Crippen molar-refractivity contribution in [1.29, 1.82) is 0 Å². The lowest BCUT2D eigenvalue weighted by Gasteiger charge is -2.09. The smallest absolute Gasteiger partial charge is 0.282 e. The first-order chi connectivity index (χ1) is 15.6. The van der Waals surface area contributed by atoms with Crippen molar-refractivity contribution in [3.05, 3.63) is 107 Å². The molecule has 0 aliphatic heterocycles. The van der Waals surface area contributed by atoms with Crippen molar-refractivity contribution >= 4 is 17.1 Å². The molecule has 0 atom stereocenters. The zero-order valence-corrected chi connectivity index (χ0v) is 17.3. The van der Waals surface area contributed by atoms with Gasteiger partial charge in [0.1, 0.15) is 0 Å². The van der Waals surface area contributed by atoms with Crippen LogP contribution in [0.15, 0.2) is 94.8 Å². The lowest BCUT2D eigenvalue weighted by atomic mass is 10.2. The molecule has 0 radical (unpaired) electrons. The van der Waals surface area contributed by atoms with E-state index in [1.165, 1.54) is 15.6 Å². The molecule has 5 aromatic rings. The fraction of sp³-hybridized carbons (Fsp3) is 0.0400. The zero-order valence-electron chi connectivity index (χ0n) is 17.3. The van der Waals surface area contributed by atoms with E-state index in [9.17, 15) is 9.90 Å². The van der Waals surface area contributed by atoms with Gasteiger partial charge in [-0.25, -0.2) is 9.67 Å². The summed E-state index contributed by atoms with van der Waals surface area (Å²) in [5, 5.41) is 20.1. The van der Waals surface area contributed by atoms with Crippen molar-refractivity contribution in [3.63, 3.8) is 0 Å². The highest BCUT2D eigenvalue weighted by Crippen LogP contribution is 2.24. The third kappa shape index (κ3) is 3.35. The molecular weight excluding hydrogens is 402 g/mol. The van der Waals surface area contributed by atoms with Crippen molar-refractivity contribution in [3.8, 4) is 23.0 Å². The van der Waals surface area contributed by atoms with Crippen LogP contribution in [0.3, 0.4) is 0 Å². The minimum atomic E-state index is -0.293. The van der Waals surface area contributed by atoms with E-state index in [0.717, 1.165) is 11.3 Å². The van der Waals surface area contributed by atoms with E-state index in [1.807, 2.05) is 66.7 Å². The van der Waals surface area contributed by atoms with Crippen LogP contribution in [0.2, 0.25) is 0 Å². The number of para-hydroxylation sites is 2. The Labute approximate surface area is 183 Å². The third-order valence-electron chi connectivity index (χ3n) is 5.17. The number of hydrogen-bond acceptors (Lipinski definition) is 5. The average molecular weight is 421 g/mol. The Morgan fingerprint density at radius 3 is 2.31 bits per heavy atom. The summed E-state index contributed by atoms with van der Waals surface area (Å²) in [6.07, 6.45) is 1.45. The summed E-state index contributed by atoms with van der Waals surface area (Å²) >= 11 is 0. The largest absolute Gasteiger partial charge is 0.493 e. The Balaban J connectivity index is 1.67. The van der Waals surface area contributed by atoms with Gasteiger partial charge in [0.05, 0.1) is 34.1 Å². The average Bonchev–Trinajstić information content (AvgIpc) is 3.12. The van der Waals surface area contributed by atoms with Gasteiger partial charge in [0, 0.05) is 5.56 Å². The Kier molecular flexibility index (Phi) is 4.84. The first-order valence-corrected chi connectivity index (χ1v) is 10.1. The molecule has 32 heavy (non-hydrogen) atoms. The summed E-state index contributed by atoms with van der Waals surface area (Å²) in [5.41, 5.74) is 2.79. The second kappa shape index (κ2) is 7.96. The van der Waals surface area contributed by atoms with Gasteiger partial charge >= 0.3 is 0 Å². The molecular formula is C25H19N5O2. The van der Waals surface area contributed by atoms with Crippen molar-refractivity contribution in [2.45, 2.75) is 6.92 Å². The van der Waals surface area contributed by atoms with Gasteiger partial charge in [0.15, 0.2) is 5.82 Å². The number of nitrogens with zero attached hydrogens (tertiary/aromatic N) is 5. The quantitative estimate of drug-likeness (QED) is 0.442. The first-order valence-electron chi connectivity index (χ1n) is 10.1. The number of benzene rings is 3. The summed E-state index contributed by atoms with van der Waals surface area (Å²) in [7, 11) is 0. The van der Waals surface area contributed by atoms with Gasteiger partial charge in [0.2, 0.25) is 5.88 Å². The minimum Gasteiger partial charge on any atom is -0.493 e. The van der Waals surface area contributed by atoms with Crippen molar-refractivity contribution in [2.24, 2.45) is 5.10 Å². The molecule has 156 valence electrons. The molecule has 0 aliphatic carbocycles. The number of rotatable bonds is 4. The second-order valence-corrected chi connectivity index (χ2v) is 7.25. The molecule has 0 aliphatic rings. The van der Waals surface area contributed by atoms with Gasteiger partial charge in [-0.1, -0.05) is 60.7 Å². The highest BCUT2D eigenvalue weighted by Gasteiger charge is 2.16. The maximum Gasteiger partial charge on any atom is 0.282 e. The van der Waals surface area contributed by atoms with Gasteiger partial charge in [0.25, 0.3) is 5.56 Å². The van der Waals surface area contributed by atoms with E-state index >= 15 is 0 Å². The predicted molar refractivity (Wildman–Crippen MR) is 124 cm³/mol. The zero-order chi connectivity index (χ0) is 22.1. The maximum absolute atomic E-state index is 13.3. The molecule has 0 fully saturated rings. The fourth-order valence-corrected chi connectivity index (χ4v) is 3.55. The molecule has 0 amide bonds. The predicted octanol–water partition coefficient (Wildman–Crippen LogP) is 4.15. The van der Waals surface area contributed by atoms with Crippen molar-refractivity contribution in [2.75, 3.05) is 0 Å². The minimum absolute atomic E-state index is 0.0551. The van der Waals surface area contributed by atoms with Gasteiger partial charge in [-0.2, -0.15) is 14.9 Å². The summed E-state index contributed by atoms with van der Waals surface area (Å²) in [6, 6.07) is 25.9. The molecule has 2 heterocycles. The van der Waals surface area contributed by atoms with Crippen LogP contribution < -0.4 is 5.56 Å². The molecule has 0 saturated heterocycles. The first kappa shape index (κ1) is 19.4. The number of fused-ring (bicyclic) bond motifs is 1. The highest BCUT2D eigenvalue weighted by atomic mass is 16.3. The fourth-order valence-electron chi connectivity index (χ4n) is 3.55. The maximum atomic E-state index is 13.3. The van der Waals surface area contributed by atoms with E-state index in [-0.39, 0.29) is 11.4 Å². The Bertz CT molecular complexity index is 1500. The summed E-state index contributed by atoms with van der Waals surface area (Å²) in [5.74, 6) is 0.360. The Hall–Kier alpha value is -4.52. The van der Waals surface area contributed by atoms with Crippen LogP contribution in [0.4, 0.5) is 0 Å². The van der Waals surface area contributed by atoms with Crippen LogP contribution in [0.1, 0.15) is 11.3 Å². The molecule has 3 aromatic carbocycles. The van der Waals surface area contributed by atoms with E-state index in [0.29, 0.717) is 28.0 Å². The lowest BCUT2D eigenvalue weighted by Crippen LogP contribution is -2.20. The van der Waals surface area contributed by atoms with Crippen LogP contribution in [0, 0.1) is 6.92 Å². The van der Waals surface area contributed by atoms with Crippen molar-refractivity contribution in [1.82, 2.24) is 19.4 Å². The summed E-state index contributed by atoms with van der Waals surface area (Å²) < 4.78 is 2.70. The topological polar surface area (TPSA) is 85.3 Å². The standard InChI is InChI=1S/C25H19N5O2/c1-17-21(25(32)29(28-17)19-12-6-3-7-13-19)16-26-30-23(18-10-4-2-5-11-18)27-22-15-9-8-14-20(22)24(30)31/h2-16,32H,1H3/b26-16+. The number of aromatic hydroxyl groups is 1. The molecule has 0 spiro atoms. The SMILES string of the molecule is Cc1nn(-c2ccccc2)c(O)c1/C=N/n1c(-c2ccccc2)nc2ccccc2c1=O. The number of aryl methyl sites for hydroxylation is 1. The van der Waals surface area contributed by atoms with Crippen LogP contribution in [0.5, 0.6) is 5.88 Å². The van der Waals surface area contributed by atoms with Gasteiger partial charge in [-0.15, -0.1) is 0 Å². The summed E-state index contributed by atoms with van der Waals surface area (Å²) in [4.78, 5) is 17.9. The molecule has 7 heteroatoms. The highest BCUT2D eigenvalue weighted by molar-refractivity contribution is 5.85. The van der Waals surface area contributed by atoms with Crippen LogP contribution >= 0.6 is 0 Å². The number of hydrogen-bond donors (Lipinski definition) is 1. The monoisotopic (exact) mass is 421 g/mol. The van der Waals surface area contributed by atoms with Gasteiger partial charge in [-0.3, -0.25) is 4.79 Å². The van der Waals surface area contributed by atoms with Gasteiger partial charge < -0.3 is 5.11 Å². The van der Waals surface area contributed by atoms with E-state index in [4.69, 9.17) is 0 Å². The van der Waals surface area contributed by atoms with Crippen molar-refractivity contribution < 1.29 is 5.11 Å². The Morgan fingerprint density at radius 2 is 1.56 bits per heavy atom. The third-order valence-corrected chi connectivity index (χ3v) is 5.17. The Morgan fingerprint density at radius 1 is 0.906 bits per heavy atom. The van der Waals surface area contributed by atoms with E-state index in [1.54, 1.807) is 25.1 Å². The second-order valence-electron chi connectivity index (χ2n) is 7.25. The molecule has 5 rings (SSSR count). The van der Waals surface area contributed by atoms with Gasteiger partial charge in [-0.05, 0) is 31.2 Å². The molecule has 0 bridgehead atoms. The normalized spacial score (nSPS) is 11.4. The molecule has 0 unspecified atom stereocenters. The van der Waals surface area contributed by atoms with E-state index in [2.05, 4.69) is 15.2 Å². The lowest BCUT2D eigenvalue weighted by molar-refractivity contribution is 0.433. The van der Waals surface area contributed by atoms with Crippen LogP contribution in [-0.2, 0) is 0 Å². The molecule has 0 saturated carbocycles. The molecule has 2 aromatic heterocycles. The molecule has 7 nitrogen and oxygen atoms in total. The summed E-state index contributed by atoms with van der Waals surface area (Å²) in [6.45, 7) is 1.78. The van der Waals surface area contributed by atoms with Crippen LogP contribution in [-0.4, -0.2) is 30.8 Å². The van der Waals surface area contributed by atoms with E-state index < -0.39 is 0 Å². The molecule has 1 N–H and O–H groups in total.